The fourth-order valence-corrected chi connectivity index (χ4v) is 5.99. The smallest absolute Gasteiger partial charge is 0.308 e. The van der Waals surface area contributed by atoms with Gasteiger partial charge in [-0.05, 0) is 55.2 Å². The quantitative estimate of drug-likeness (QED) is 0.586. The van der Waals surface area contributed by atoms with E-state index < -0.39 is 0 Å². The highest BCUT2D eigenvalue weighted by molar-refractivity contribution is 8.08. The molecule has 0 aromatic carbocycles. The summed E-state index contributed by atoms with van der Waals surface area (Å²) < 4.78 is 6.87. The van der Waals surface area contributed by atoms with Gasteiger partial charge in [-0.2, -0.15) is 0 Å². The van der Waals surface area contributed by atoms with Crippen LogP contribution in [-0.4, -0.2) is 18.3 Å². The Kier molecular flexibility index (Phi) is 4.86. The molecule has 1 atom stereocenters. The van der Waals surface area contributed by atoms with Crippen molar-refractivity contribution >= 4 is 46.1 Å². The van der Waals surface area contributed by atoms with Crippen LogP contribution < -0.4 is 9.75 Å². The van der Waals surface area contributed by atoms with Crippen LogP contribution in [0.4, 0.5) is 0 Å². The lowest BCUT2D eigenvalue weighted by Gasteiger charge is -2.12. The molecule has 0 bridgehead atoms. The highest BCUT2D eigenvalue weighted by atomic mass is 32.2. The highest BCUT2D eigenvalue weighted by Crippen LogP contribution is 2.33. The predicted molar refractivity (Wildman–Crippen MR) is 104 cm³/mol. The third-order valence-electron chi connectivity index (χ3n) is 4.96. The molecule has 0 radical (unpaired) electrons. The Hall–Kier alpha value is -1.00. The van der Waals surface area contributed by atoms with Gasteiger partial charge in [0.25, 0.3) is 0 Å². The number of ether oxygens (including phenoxy) is 1. The van der Waals surface area contributed by atoms with Crippen molar-refractivity contribution in [2.24, 2.45) is 5.92 Å². The number of carbonyl (C=O) groups excluding carboxylic acids is 1. The van der Waals surface area contributed by atoms with Gasteiger partial charge in [0.2, 0.25) is 0 Å². The molecule has 0 saturated heterocycles. The van der Waals surface area contributed by atoms with Crippen LogP contribution in [-0.2, 0) is 9.53 Å². The van der Waals surface area contributed by atoms with Gasteiger partial charge in [-0.15, -0.1) is 23.1 Å². The number of fused-ring (bicyclic) bond motifs is 3. The molecule has 1 aromatic heterocycles. The summed E-state index contributed by atoms with van der Waals surface area (Å²) in [5.74, 6) is 1.74. The minimum atomic E-state index is 0.0149. The van der Waals surface area contributed by atoms with E-state index in [9.17, 15) is 4.79 Å². The summed E-state index contributed by atoms with van der Waals surface area (Å²) in [6.07, 6.45) is 13.8. The molecule has 1 fully saturated rings. The number of thiophene rings is 1. The van der Waals surface area contributed by atoms with Crippen LogP contribution in [0.2, 0.25) is 0 Å². The van der Waals surface area contributed by atoms with Crippen LogP contribution in [0, 0.1) is 5.92 Å². The summed E-state index contributed by atoms with van der Waals surface area (Å²) in [4.78, 5) is 14.7. The van der Waals surface area contributed by atoms with Crippen molar-refractivity contribution in [3.05, 3.63) is 26.3 Å². The SMILES string of the molecule is C[C@H]1CC=Cc2c1sc1c2=CCCCC=1SCCOC(=O)C1CC1. The maximum Gasteiger partial charge on any atom is 0.308 e. The van der Waals surface area contributed by atoms with E-state index in [0.717, 1.165) is 31.4 Å². The second kappa shape index (κ2) is 7.09. The molecule has 1 saturated carbocycles. The van der Waals surface area contributed by atoms with Gasteiger partial charge in [-0.25, -0.2) is 0 Å². The summed E-state index contributed by atoms with van der Waals surface area (Å²) in [5, 5.41) is 1.47. The number of esters is 1. The minimum absolute atomic E-state index is 0.0149. The summed E-state index contributed by atoms with van der Waals surface area (Å²) in [6, 6.07) is 0. The van der Waals surface area contributed by atoms with Crippen LogP contribution in [0.25, 0.3) is 17.1 Å². The molecule has 0 unspecified atom stereocenters. The van der Waals surface area contributed by atoms with Crippen molar-refractivity contribution in [3.8, 4) is 0 Å². The van der Waals surface area contributed by atoms with Gasteiger partial charge in [0, 0.05) is 20.1 Å². The zero-order valence-electron chi connectivity index (χ0n) is 14.2. The van der Waals surface area contributed by atoms with E-state index in [4.69, 9.17) is 4.74 Å². The highest BCUT2D eigenvalue weighted by Gasteiger charge is 2.31. The molecule has 0 spiro atoms. The van der Waals surface area contributed by atoms with E-state index in [-0.39, 0.29) is 11.9 Å². The molecule has 4 rings (SSSR count). The topological polar surface area (TPSA) is 26.3 Å². The lowest BCUT2D eigenvalue weighted by Crippen LogP contribution is -2.22. The Labute approximate surface area is 151 Å². The van der Waals surface area contributed by atoms with Gasteiger partial charge in [-0.1, -0.05) is 25.2 Å². The first-order chi connectivity index (χ1) is 11.7. The zero-order chi connectivity index (χ0) is 16.5. The van der Waals surface area contributed by atoms with Crippen LogP contribution >= 0.6 is 23.1 Å². The van der Waals surface area contributed by atoms with Crippen molar-refractivity contribution in [3.63, 3.8) is 0 Å². The van der Waals surface area contributed by atoms with Crippen molar-refractivity contribution in [1.82, 2.24) is 0 Å². The fraction of sp³-hybridized carbons (Fsp3) is 0.550. The number of allylic oxidation sites excluding steroid dienone is 1. The molecule has 0 N–H and O–H groups in total. The molecule has 2 nitrogen and oxygen atoms in total. The second-order valence-electron chi connectivity index (χ2n) is 6.97. The zero-order valence-corrected chi connectivity index (χ0v) is 15.8. The Morgan fingerprint density at radius 3 is 3.12 bits per heavy atom. The molecule has 3 aliphatic rings. The maximum absolute atomic E-state index is 11.6. The standard InChI is InChI=1S/C20H24O2S2/c1-13-5-4-7-15-16-6-2-3-8-17(19(16)24-18(13)15)23-12-11-22-20(21)14-9-10-14/h4,6-7,13-14H,2-3,5,8-12H2,1H3/t13-/m0/s1. The Balaban J connectivity index is 1.54. The van der Waals surface area contributed by atoms with Crippen molar-refractivity contribution in [2.75, 3.05) is 12.4 Å². The third-order valence-corrected chi connectivity index (χ3v) is 7.73. The first-order valence-electron chi connectivity index (χ1n) is 9.06. The number of rotatable bonds is 5. The molecule has 3 aliphatic carbocycles. The molecule has 0 amide bonds. The first kappa shape index (κ1) is 16.5. The largest absolute Gasteiger partial charge is 0.465 e. The van der Waals surface area contributed by atoms with E-state index in [1.54, 1.807) is 4.88 Å². The maximum atomic E-state index is 11.6. The monoisotopic (exact) mass is 360 g/mol. The first-order valence-corrected chi connectivity index (χ1v) is 10.9. The molecule has 128 valence electrons. The van der Waals surface area contributed by atoms with Crippen LogP contribution in [0.1, 0.15) is 61.8 Å². The van der Waals surface area contributed by atoms with E-state index in [1.165, 1.54) is 33.1 Å². The third kappa shape index (κ3) is 3.36. The lowest BCUT2D eigenvalue weighted by atomic mass is 9.95. The lowest BCUT2D eigenvalue weighted by molar-refractivity contribution is -0.144. The molecule has 0 aliphatic heterocycles. The van der Waals surface area contributed by atoms with E-state index >= 15 is 0 Å². The van der Waals surface area contributed by atoms with Crippen molar-refractivity contribution in [1.29, 1.82) is 0 Å². The molecular formula is C20H24O2S2. The minimum Gasteiger partial charge on any atom is -0.465 e. The van der Waals surface area contributed by atoms with E-state index in [0.29, 0.717) is 12.5 Å². The average Bonchev–Trinajstić information content (AvgIpc) is 3.38. The Morgan fingerprint density at radius 2 is 2.29 bits per heavy atom. The molecule has 24 heavy (non-hydrogen) atoms. The van der Waals surface area contributed by atoms with Crippen molar-refractivity contribution in [2.45, 2.75) is 51.4 Å². The van der Waals surface area contributed by atoms with Gasteiger partial charge in [0.15, 0.2) is 0 Å². The van der Waals surface area contributed by atoms with Crippen LogP contribution in [0.5, 0.6) is 0 Å². The number of thioether (sulfide) groups is 1. The Morgan fingerprint density at radius 1 is 1.42 bits per heavy atom. The summed E-state index contributed by atoms with van der Waals surface area (Å²) in [7, 11) is 0. The molecule has 1 aromatic rings. The van der Waals surface area contributed by atoms with E-state index in [1.807, 2.05) is 23.1 Å². The summed E-state index contributed by atoms with van der Waals surface area (Å²) >= 11 is 3.90. The summed E-state index contributed by atoms with van der Waals surface area (Å²) in [5.41, 5.74) is 1.47. The number of carbonyl (C=O) groups is 1. The van der Waals surface area contributed by atoms with Gasteiger partial charge in [0.1, 0.15) is 6.61 Å². The fourth-order valence-electron chi connectivity index (χ4n) is 3.42. The van der Waals surface area contributed by atoms with Crippen molar-refractivity contribution < 1.29 is 9.53 Å². The molecule has 4 heteroatoms. The summed E-state index contributed by atoms with van der Waals surface area (Å²) in [6.45, 7) is 2.88. The van der Waals surface area contributed by atoms with Gasteiger partial charge in [0.05, 0.1) is 5.92 Å². The molecular weight excluding hydrogens is 336 g/mol. The normalized spacial score (nSPS) is 22.4. The predicted octanol–water partition coefficient (Wildman–Crippen LogP) is 4.03. The molecule has 1 heterocycles. The van der Waals surface area contributed by atoms with E-state index in [2.05, 4.69) is 25.2 Å². The van der Waals surface area contributed by atoms with Gasteiger partial charge >= 0.3 is 5.97 Å². The van der Waals surface area contributed by atoms with Gasteiger partial charge in [-0.3, -0.25) is 4.79 Å². The number of hydrogen-bond acceptors (Lipinski definition) is 4. The van der Waals surface area contributed by atoms with Crippen LogP contribution in [0.15, 0.2) is 6.08 Å². The Bertz CT molecular complexity index is 783. The van der Waals surface area contributed by atoms with Gasteiger partial charge < -0.3 is 4.74 Å². The number of hydrogen-bond donors (Lipinski definition) is 0. The average molecular weight is 361 g/mol. The van der Waals surface area contributed by atoms with Crippen LogP contribution in [0.3, 0.4) is 0 Å². The second-order valence-corrected chi connectivity index (χ2v) is 9.21.